The Morgan fingerprint density at radius 1 is 1.04 bits per heavy atom. The summed E-state index contributed by atoms with van der Waals surface area (Å²) in [6.45, 7) is 20.8. The lowest BCUT2D eigenvalue weighted by Crippen LogP contribution is -2.40. The molecule has 27 heavy (non-hydrogen) atoms. The van der Waals surface area contributed by atoms with Crippen molar-refractivity contribution in [3.8, 4) is 0 Å². The highest BCUT2D eigenvalue weighted by atomic mass is 16.7. The van der Waals surface area contributed by atoms with Gasteiger partial charge in [-0.25, -0.2) is 0 Å². The molecule has 0 aromatic rings. The molecular weight excluding hydrogens is 334 g/mol. The fourth-order valence-electron chi connectivity index (χ4n) is 5.53. The van der Waals surface area contributed by atoms with E-state index in [9.17, 15) is 0 Å². The summed E-state index contributed by atoms with van der Waals surface area (Å²) < 4.78 is 12.8. The first kappa shape index (κ1) is 23.2. The zero-order valence-electron chi connectivity index (χ0n) is 19.4. The van der Waals surface area contributed by atoms with Gasteiger partial charge in [0.25, 0.3) is 0 Å². The van der Waals surface area contributed by atoms with Crippen molar-refractivity contribution in [2.24, 2.45) is 23.2 Å². The summed E-state index contributed by atoms with van der Waals surface area (Å²) in [5, 5.41) is 0. The molecule has 1 unspecified atom stereocenters. The van der Waals surface area contributed by atoms with Gasteiger partial charge >= 0.3 is 0 Å². The second kappa shape index (κ2) is 10.1. The first-order chi connectivity index (χ1) is 12.7. The predicted molar refractivity (Wildman–Crippen MR) is 115 cm³/mol. The fraction of sp³-hybridized carbons (Fsp3) is 1.00. The van der Waals surface area contributed by atoms with Gasteiger partial charge in [-0.2, -0.15) is 0 Å². The van der Waals surface area contributed by atoms with Gasteiger partial charge in [-0.3, -0.25) is 0 Å². The van der Waals surface area contributed by atoms with Crippen LogP contribution >= 0.6 is 0 Å². The molecule has 1 aliphatic carbocycles. The Hall–Kier alpha value is -0.120. The van der Waals surface area contributed by atoms with E-state index >= 15 is 0 Å². The van der Waals surface area contributed by atoms with E-state index in [2.05, 4.69) is 53.4 Å². The van der Waals surface area contributed by atoms with Gasteiger partial charge in [0.05, 0.1) is 12.7 Å². The summed E-state index contributed by atoms with van der Waals surface area (Å²) >= 11 is 0. The van der Waals surface area contributed by atoms with Crippen molar-refractivity contribution < 1.29 is 9.47 Å². The van der Waals surface area contributed by atoms with Gasteiger partial charge in [-0.05, 0) is 61.8 Å². The first-order valence-electron chi connectivity index (χ1n) is 11.7. The van der Waals surface area contributed by atoms with Crippen molar-refractivity contribution in [1.29, 1.82) is 0 Å². The summed E-state index contributed by atoms with van der Waals surface area (Å²) in [6.07, 6.45) is 8.61. The van der Waals surface area contributed by atoms with Gasteiger partial charge in [-0.1, -0.05) is 48.5 Å². The topological polar surface area (TPSA) is 21.7 Å². The molecule has 0 aromatic carbocycles. The van der Waals surface area contributed by atoms with E-state index < -0.39 is 0 Å². The maximum atomic E-state index is 6.52. The van der Waals surface area contributed by atoms with Crippen LogP contribution in [0.2, 0.25) is 0 Å². The van der Waals surface area contributed by atoms with Crippen LogP contribution in [0.1, 0.15) is 93.4 Å². The van der Waals surface area contributed by atoms with E-state index in [-0.39, 0.29) is 11.9 Å². The number of nitrogens with zero attached hydrogens (tertiary/aromatic N) is 1. The van der Waals surface area contributed by atoms with Crippen molar-refractivity contribution in [1.82, 2.24) is 4.90 Å². The Kier molecular flexibility index (Phi) is 8.64. The van der Waals surface area contributed by atoms with E-state index in [1.54, 1.807) is 0 Å². The molecule has 0 radical (unpaired) electrons. The maximum absolute atomic E-state index is 6.52. The maximum Gasteiger partial charge on any atom is 0.168 e. The highest BCUT2D eigenvalue weighted by Gasteiger charge is 2.46. The monoisotopic (exact) mass is 381 g/mol. The Labute approximate surface area is 169 Å². The molecule has 3 nitrogen and oxygen atoms in total. The van der Waals surface area contributed by atoms with Crippen LogP contribution in [-0.4, -0.2) is 43.0 Å². The zero-order chi connectivity index (χ0) is 20.1. The van der Waals surface area contributed by atoms with Crippen LogP contribution in [0, 0.1) is 23.2 Å². The third-order valence-corrected chi connectivity index (χ3v) is 6.63. The smallest absolute Gasteiger partial charge is 0.168 e. The van der Waals surface area contributed by atoms with Gasteiger partial charge in [0.2, 0.25) is 0 Å². The van der Waals surface area contributed by atoms with Crippen LogP contribution in [0.4, 0.5) is 0 Å². The van der Waals surface area contributed by atoms with Crippen LogP contribution in [0.3, 0.4) is 0 Å². The van der Waals surface area contributed by atoms with Crippen molar-refractivity contribution >= 4 is 0 Å². The molecule has 1 heterocycles. The summed E-state index contributed by atoms with van der Waals surface area (Å²) in [7, 11) is 0. The molecule has 3 heteroatoms. The molecular formula is C24H47NO2. The standard InChI is InChI=1S/C24H47NO2/c1-8-14-25(17-20(4)5)15-11-22-18-26-24(27-22)12-9-21(10-13-24)23(6,7)16-19(2)3/h19-22H,8-18H2,1-7H3. The number of hydrogen-bond acceptors (Lipinski definition) is 3. The summed E-state index contributed by atoms with van der Waals surface area (Å²) in [6, 6.07) is 0. The first-order valence-corrected chi connectivity index (χ1v) is 11.7. The quantitative estimate of drug-likeness (QED) is 0.455. The predicted octanol–water partition coefficient (Wildman–Crippen LogP) is 6.12. The molecule has 1 saturated heterocycles. The third kappa shape index (κ3) is 7.01. The Morgan fingerprint density at radius 2 is 1.70 bits per heavy atom. The highest BCUT2D eigenvalue weighted by molar-refractivity contribution is 4.90. The van der Waals surface area contributed by atoms with Gasteiger partial charge in [0.1, 0.15) is 0 Å². The van der Waals surface area contributed by atoms with Crippen LogP contribution in [0.5, 0.6) is 0 Å². The van der Waals surface area contributed by atoms with E-state index in [0.717, 1.165) is 50.2 Å². The van der Waals surface area contributed by atoms with Crippen molar-refractivity contribution in [2.45, 2.75) is 105 Å². The second-order valence-electron chi connectivity index (χ2n) is 10.8. The minimum Gasteiger partial charge on any atom is -0.347 e. The molecule has 2 fully saturated rings. The molecule has 2 rings (SSSR count). The molecule has 160 valence electrons. The molecule has 1 saturated carbocycles. The zero-order valence-corrected chi connectivity index (χ0v) is 19.4. The average Bonchev–Trinajstić information content (AvgIpc) is 2.94. The van der Waals surface area contributed by atoms with Crippen LogP contribution in [0.15, 0.2) is 0 Å². The normalized spacial score (nSPS) is 29.6. The van der Waals surface area contributed by atoms with Gasteiger partial charge in [-0.15, -0.1) is 0 Å². The van der Waals surface area contributed by atoms with Gasteiger partial charge in [0, 0.05) is 25.9 Å². The Balaban J connectivity index is 1.79. The second-order valence-corrected chi connectivity index (χ2v) is 10.8. The Morgan fingerprint density at radius 3 is 2.26 bits per heavy atom. The Bertz CT molecular complexity index is 424. The van der Waals surface area contributed by atoms with Crippen molar-refractivity contribution in [2.75, 3.05) is 26.2 Å². The number of rotatable bonds is 10. The molecule has 1 aliphatic heterocycles. The molecule has 0 aromatic heterocycles. The van der Waals surface area contributed by atoms with Crippen molar-refractivity contribution in [3.05, 3.63) is 0 Å². The van der Waals surface area contributed by atoms with E-state index in [1.165, 1.54) is 38.8 Å². The van der Waals surface area contributed by atoms with Crippen molar-refractivity contribution in [3.63, 3.8) is 0 Å². The minimum atomic E-state index is -0.261. The van der Waals surface area contributed by atoms with Crippen LogP contribution in [0.25, 0.3) is 0 Å². The molecule has 0 amide bonds. The van der Waals surface area contributed by atoms with Gasteiger partial charge < -0.3 is 14.4 Å². The summed E-state index contributed by atoms with van der Waals surface area (Å²) in [4.78, 5) is 2.60. The lowest BCUT2D eigenvalue weighted by Gasteiger charge is -2.43. The van der Waals surface area contributed by atoms with E-state index in [4.69, 9.17) is 9.47 Å². The van der Waals surface area contributed by atoms with E-state index in [1.807, 2.05) is 0 Å². The molecule has 0 N–H and O–H groups in total. The molecule has 2 aliphatic rings. The third-order valence-electron chi connectivity index (χ3n) is 6.63. The highest BCUT2D eigenvalue weighted by Crippen LogP contribution is 2.48. The van der Waals surface area contributed by atoms with Crippen LogP contribution < -0.4 is 0 Å². The largest absolute Gasteiger partial charge is 0.347 e. The number of hydrogen-bond donors (Lipinski definition) is 0. The van der Waals surface area contributed by atoms with Crippen LogP contribution in [-0.2, 0) is 9.47 Å². The summed E-state index contributed by atoms with van der Waals surface area (Å²) in [5.41, 5.74) is 0.436. The lowest BCUT2D eigenvalue weighted by atomic mass is 9.66. The summed E-state index contributed by atoms with van der Waals surface area (Å²) in [5.74, 6) is 2.05. The molecule has 1 atom stereocenters. The minimum absolute atomic E-state index is 0.261. The SMILES string of the molecule is CCCN(CCC1COC2(CCC(C(C)(C)CC(C)C)CC2)O1)CC(C)C. The molecule has 1 spiro atoms. The molecule has 0 bridgehead atoms. The van der Waals surface area contributed by atoms with Gasteiger partial charge in [0.15, 0.2) is 5.79 Å². The average molecular weight is 382 g/mol. The fourth-order valence-corrected chi connectivity index (χ4v) is 5.53. The lowest BCUT2D eigenvalue weighted by molar-refractivity contribution is -0.198. The van der Waals surface area contributed by atoms with E-state index in [0.29, 0.717) is 5.41 Å². The number of ether oxygens (including phenoxy) is 2.